The molecule has 2 N–H and O–H groups in total. The molecule has 0 aromatic heterocycles. The van der Waals surface area contributed by atoms with Crippen LogP contribution >= 0.6 is 0 Å². The molecule has 0 aliphatic heterocycles. The smallest absolute Gasteiger partial charge is 0.338 e. The molecule has 8 heteroatoms. The van der Waals surface area contributed by atoms with Crippen molar-refractivity contribution in [2.75, 3.05) is 17.9 Å². The highest BCUT2D eigenvalue weighted by Gasteiger charge is 2.17. The molecule has 0 saturated heterocycles. The monoisotopic (exact) mass is 390 g/mol. The van der Waals surface area contributed by atoms with Gasteiger partial charge < -0.3 is 10.1 Å². The Labute approximate surface area is 158 Å². The number of carbonyl (C=O) groups excluding carboxylic acids is 2. The zero-order chi connectivity index (χ0) is 20.0. The van der Waals surface area contributed by atoms with E-state index in [2.05, 4.69) is 10.0 Å². The maximum Gasteiger partial charge on any atom is 0.338 e. The first-order chi connectivity index (χ1) is 12.7. The minimum Gasteiger partial charge on any atom is -0.452 e. The number of likely N-dealkylation sites (N-methyl/N-ethyl adjacent to an activating group) is 1. The van der Waals surface area contributed by atoms with Gasteiger partial charge in [-0.05, 0) is 62.2 Å². The highest BCUT2D eigenvalue weighted by atomic mass is 32.2. The fraction of sp³-hybridized carbons (Fsp3) is 0.263. The second kappa shape index (κ2) is 8.68. The number of carbonyl (C=O) groups is 2. The Morgan fingerprint density at radius 1 is 1.04 bits per heavy atom. The van der Waals surface area contributed by atoms with Crippen molar-refractivity contribution in [3.63, 3.8) is 0 Å². The second-order valence-electron chi connectivity index (χ2n) is 5.98. The van der Waals surface area contributed by atoms with Gasteiger partial charge in [0.15, 0.2) is 6.61 Å². The first-order valence-corrected chi connectivity index (χ1v) is 9.85. The van der Waals surface area contributed by atoms with E-state index in [1.54, 1.807) is 26.0 Å². The minimum absolute atomic E-state index is 0.202. The van der Waals surface area contributed by atoms with Gasteiger partial charge in [-0.15, -0.1) is 0 Å². The van der Waals surface area contributed by atoms with Crippen LogP contribution in [0.2, 0.25) is 0 Å². The van der Waals surface area contributed by atoms with Gasteiger partial charge in [0.25, 0.3) is 15.9 Å². The first kappa shape index (κ1) is 20.4. The molecule has 0 radical (unpaired) electrons. The maximum atomic E-state index is 12.6. The van der Waals surface area contributed by atoms with Gasteiger partial charge in [0.2, 0.25) is 0 Å². The van der Waals surface area contributed by atoms with Crippen LogP contribution in [0.5, 0.6) is 0 Å². The number of anilines is 1. The van der Waals surface area contributed by atoms with Crippen LogP contribution in [0.15, 0.2) is 47.4 Å². The number of amides is 1. The molecule has 0 heterocycles. The lowest BCUT2D eigenvalue weighted by Crippen LogP contribution is -2.28. The fourth-order valence-electron chi connectivity index (χ4n) is 2.34. The molecule has 1 amide bonds. The van der Waals surface area contributed by atoms with Crippen molar-refractivity contribution in [2.45, 2.75) is 25.7 Å². The maximum absolute atomic E-state index is 12.6. The molecule has 7 nitrogen and oxygen atoms in total. The third kappa shape index (κ3) is 5.55. The van der Waals surface area contributed by atoms with Crippen molar-refractivity contribution in [3.05, 3.63) is 59.2 Å². The van der Waals surface area contributed by atoms with E-state index in [9.17, 15) is 18.0 Å². The summed E-state index contributed by atoms with van der Waals surface area (Å²) in [5.41, 5.74) is 2.01. The van der Waals surface area contributed by atoms with E-state index in [1.807, 2.05) is 13.0 Å². The molecule has 0 spiro atoms. The topological polar surface area (TPSA) is 102 Å². The highest BCUT2D eigenvalue weighted by molar-refractivity contribution is 7.92. The molecular formula is C19H22N2O5S. The summed E-state index contributed by atoms with van der Waals surface area (Å²) in [4.78, 5) is 23.4. The summed E-state index contributed by atoms with van der Waals surface area (Å²) in [5.74, 6) is -1.05. The molecular weight excluding hydrogens is 368 g/mol. The Hall–Kier alpha value is -2.87. The highest BCUT2D eigenvalue weighted by Crippen LogP contribution is 2.21. The SMILES string of the molecule is CCNC(=O)COC(=O)c1ccc(NS(=O)(=O)c2cc(C)ccc2C)cc1. The molecule has 2 aromatic carbocycles. The van der Waals surface area contributed by atoms with E-state index < -0.39 is 16.0 Å². The summed E-state index contributed by atoms with van der Waals surface area (Å²) in [6.07, 6.45) is 0. The van der Waals surface area contributed by atoms with E-state index >= 15 is 0 Å². The van der Waals surface area contributed by atoms with Crippen LogP contribution in [-0.2, 0) is 19.6 Å². The van der Waals surface area contributed by atoms with Crippen molar-refractivity contribution in [3.8, 4) is 0 Å². The fourth-order valence-corrected chi connectivity index (χ4v) is 3.73. The summed E-state index contributed by atoms with van der Waals surface area (Å²) in [6, 6.07) is 11.0. The number of nitrogens with one attached hydrogen (secondary N) is 2. The Bertz CT molecular complexity index is 937. The van der Waals surface area contributed by atoms with Crippen molar-refractivity contribution in [2.24, 2.45) is 0 Å². The number of hydrogen-bond acceptors (Lipinski definition) is 5. The van der Waals surface area contributed by atoms with Crippen LogP contribution in [0.4, 0.5) is 5.69 Å². The summed E-state index contributed by atoms with van der Waals surface area (Å²) in [7, 11) is -3.75. The van der Waals surface area contributed by atoms with Crippen molar-refractivity contribution in [1.82, 2.24) is 5.32 Å². The van der Waals surface area contributed by atoms with Crippen molar-refractivity contribution in [1.29, 1.82) is 0 Å². The average molecular weight is 390 g/mol. The second-order valence-corrected chi connectivity index (χ2v) is 7.63. The number of sulfonamides is 1. The molecule has 0 unspecified atom stereocenters. The average Bonchev–Trinajstić information content (AvgIpc) is 2.62. The third-order valence-corrected chi connectivity index (χ3v) is 5.24. The normalized spacial score (nSPS) is 10.9. The molecule has 0 bridgehead atoms. The van der Waals surface area contributed by atoms with Crippen LogP contribution < -0.4 is 10.0 Å². The van der Waals surface area contributed by atoms with Crippen LogP contribution in [0.25, 0.3) is 0 Å². The standard InChI is InChI=1S/C19H22N2O5S/c1-4-20-18(22)12-26-19(23)15-7-9-16(10-8-15)21-27(24,25)17-11-13(2)5-6-14(17)3/h5-11,21H,4,12H2,1-3H3,(H,20,22). The van der Waals surface area contributed by atoms with Gasteiger partial charge in [-0.2, -0.15) is 0 Å². The predicted octanol–water partition coefficient (Wildman–Crippen LogP) is 2.40. The van der Waals surface area contributed by atoms with Gasteiger partial charge in [-0.3, -0.25) is 9.52 Å². The number of aryl methyl sites for hydroxylation is 2. The van der Waals surface area contributed by atoms with Crippen molar-refractivity contribution >= 4 is 27.6 Å². The molecule has 0 saturated carbocycles. The molecule has 0 aliphatic carbocycles. The zero-order valence-electron chi connectivity index (χ0n) is 15.4. The molecule has 0 atom stereocenters. The van der Waals surface area contributed by atoms with E-state index in [0.29, 0.717) is 17.8 Å². The van der Waals surface area contributed by atoms with E-state index in [-0.39, 0.29) is 23.0 Å². The predicted molar refractivity (Wildman–Crippen MR) is 102 cm³/mol. The Balaban J connectivity index is 2.08. The number of benzene rings is 2. The van der Waals surface area contributed by atoms with Gasteiger partial charge in [0.1, 0.15) is 0 Å². The van der Waals surface area contributed by atoms with E-state index in [1.165, 1.54) is 24.3 Å². The molecule has 2 aromatic rings. The summed E-state index contributed by atoms with van der Waals surface area (Å²) < 4.78 is 32.6. The Kier molecular flexibility index (Phi) is 6.57. The number of rotatable bonds is 7. The number of esters is 1. The van der Waals surface area contributed by atoms with Gasteiger partial charge in [0, 0.05) is 12.2 Å². The van der Waals surface area contributed by atoms with E-state index in [0.717, 1.165) is 5.56 Å². The molecule has 2 rings (SSSR count). The summed E-state index contributed by atoms with van der Waals surface area (Å²) >= 11 is 0. The van der Waals surface area contributed by atoms with Crippen LogP contribution in [-0.4, -0.2) is 33.4 Å². The molecule has 27 heavy (non-hydrogen) atoms. The van der Waals surface area contributed by atoms with Gasteiger partial charge >= 0.3 is 5.97 Å². The quantitative estimate of drug-likeness (QED) is 0.707. The van der Waals surface area contributed by atoms with Gasteiger partial charge in [0.05, 0.1) is 10.5 Å². The van der Waals surface area contributed by atoms with Gasteiger partial charge in [-0.1, -0.05) is 12.1 Å². The lowest BCUT2D eigenvalue weighted by atomic mass is 10.2. The molecule has 0 aliphatic rings. The Morgan fingerprint density at radius 3 is 2.33 bits per heavy atom. The van der Waals surface area contributed by atoms with Crippen LogP contribution in [0, 0.1) is 13.8 Å². The van der Waals surface area contributed by atoms with Crippen LogP contribution in [0.3, 0.4) is 0 Å². The Morgan fingerprint density at radius 2 is 1.70 bits per heavy atom. The zero-order valence-corrected chi connectivity index (χ0v) is 16.2. The summed E-state index contributed by atoms with van der Waals surface area (Å²) in [6.45, 7) is 5.39. The molecule has 144 valence electrons. The number of ether oxygens (including phenoxy) is 1. The van der Waals surface area contributed by atoms with Gasteiger partial charge in [-0.25, -0.2) is 13.2 Å². The first-order valence-electron chi connectivity index (χ1n) is 8.37. The van der Waals surface area contributed by atoms with E-state index in [4.69, 9.17) is 4.74 Å². The largest absolute Gasteiger partial charge is 0.452 e. The minimum atomic E-state index is -3.75. The van der Waals surface area contributed by atoms with Crippen LogP contribution in [0.1, 0.15) is 28.4 Å². The summed E-state index contributed by atoms with van der Waals surface area (Å²) in [5, 5.41) is 2.52. The molecule has 0 fully saturated rings. The lowest BCUT2D eigenvalue weighted by molar-refractivity contribution is -0.124. The number of hydrogen-bond donors (Lipinski definition) is 2. The van der Waals surface area contributed by atoms with Crippen molar-refractivity contribution < 1.29 is 22.7 Å². The lowest BCUT2D eigenvalue weighted by Gasteiger charge is -2.11. The third-order valence-electron chi connectivity index (χ3n) is 3.71.